The average molecular weight is 213 g/mol. The first-order valence-electron chi connectivity index (χ1n) is 5.34. The van der Waals surface area contributed by atoms with E-state index < -0.39 is 0 Å². The summed E-state index contributed by atoms with van der Waals surface area (Å²) in [5, 5.41) is 0. The lowest BCUT2D eigenvalue weighted by Gasteiger charge is -2.36. The van der Waals surface area contributed by atoms with Crippen LogP contribution in [0.25, 0.3) is 0 Å². The standard InChI is InChI=1S/C11H19NO3/c1-8-4-5-12(7-10(8)15-3)11(14)6-9(2)13/h8,10H,4-7H2,1-3H3. The number of methoxy groups -OCH3 is 1. The normalized spacial score (nSPS) is 26.5. The molecular formula is C11H19NO3. The predicted molar refractivity (Wildman–Crippen MR) is 56.5 cm³/mol. The number of hydrogen-bond acceptors (Lipinski definition) is 3. The number of carbonyl (C=O) groups is 2. The van der Waals surface area contributed by atoms with Crippen molar-refractivity contribution in [2.75, 3.05) is 20.2 Å². The van der Waals surface area contributed by atoms with Crippen LogP contribution in [0, 0.1) is 5.92 Å². The van der Waals surface area contributed by atoms with Gasteiger partial charge in [0.05, 0.1) is 12.5 Å². The van der Waals surface area contributed by atoms with Crippen molar-refractivity contribution in [2.24, 2.45) is 5.92 Å². The van der Waals surface area contributed by atoms with Crippen LogP contribution in [0.2, 0.25) is 0 Å². The highest BCUT2D eigenvalue weighted by atomic mass is 16.5. The molecule has 86 valence electrons. The molecule has 1 fully saturated rings. The van der Waals surface area contributed by atoms with E-state index in [0.717, 1.165) is 13.0 Å². The second-order valence-electron chi connectivity index (χ2n) is 4.26. The molecule has 1 amide bonds. The SMILES string of the molecule is COC1CN(C(=O)CC(C)=O)CCC1C. The minimum Gasteiger partial charge on any atom is -0.379 e. The second-order valence-corrected chi connectivity index (χ2v) is 4.26. The molecule has 0 radical (unpaired) electrons. The Morgan fingerprint density at radius 3 is 2.67 bits per heavy atom. The number of amides is 1. The lowest BCUT2D eigenvalue weighted by molar-refractivity contribution is -0.139. The van der Waals surface area contributed by atoms with Crippen LogP contribution >= 0.6 is 0 Å². The van der Waals surface area contributed by atoms with Crippen molar-refractivity contribution in [3.05, 3.63) is 0 Å². The summed E-state index contributed by atoms with van der Waals surface area (Å²) in [5.41, 5.74) is 0. The van der Waals surface area contributed by atoms with Crippen LogP contribution in [-0.4, -0.2) is 42.9 Å². The fraction of sp³-hybridized carbons (Fsp3) is 0.818. The number of ketones is 1. The van der Waals surface area contributed by atoms with E-state index in [1.54, 1.807) is 12.0 Å². The molecule has 0 aromatic carbocycles. The molecule has 1 aliphatic heterocycles. The van der Waals surface area contributed by atoms with Crippen molar-refractivity contribution in [1.82, 2.24) is 4.90 Å². The number of piperidine rings is 1. The van der Waals surface area contributed by atoms with E-state index in [-0.39, 0.29) is 24.2 Å². The molecule has 0 aliphatic carbocycles. The summed E-state index contributed by atoms with van der Waals surface area (Å²) >= 11 is 0. The molecule has 0 bridgehead atoms. The minimum atomic E-state index is -0.0763. The Morgan fingerprint density at radius 1 is 1.47 bits per heavy atom. The molecule has 2 unspecified atom stereocenters. The van der Waals surface area contributed by atoms with Crippen molar-refractivity contribution < 1.29 is 14.3 Å². The van der Waals surface area contributed by atoms with Crippen molar-refractivity contribution >= 4 is 11.7 Å². The summed E-state index contributed by atoms with van der Waals surface area (Å²) in [6.45, 7) is 4.93. The van der Waals surface area contributed by atoms with E-state index in [1.165, 1.54) is 6.92 Å². The Balaban J connectivity index is 2.50. The molecule has 1 heterocycles. The van der Waals surface area contributed by atoms with Crippen molar-refractivity contribution in [3.63, 3.8) is 0 Å². The van der Waals surface area contributed by atoms with Gasteiger partial charge in [0, 0.05) is 20.2 Å². The first-order chi connectivity index (χ1) is 7.04. The van der Waals surface area contributed by atoms with Crippen LogP contribution in [0.4, 0.5) is 0 Å². The molecule has 0 aromatic heterocycles. The maximum absolute atomic E-state index is 11.6. The zero-order valence-electron chi connectivity index (χ0n) is 9.66. The number of likely N-dealkylation sites (tertiary alicyclic amines) is 1. The number of hydrogen-bond donors (Lipinski definition) is 0. The van der Waals surface area contributed by atoms with Crippen LogP contribution in [0.15, 0.2) is 0 Å². The summed E-state index contributed by atoms with van der Waals surface area (Å²) in [6.07, 6.45) is 1.07. The molecule has 15 heavy (non-hydrogen) atoms. The van der Waals surface area contributed by atoms with Gasteiger partial charge in [0.25, 0.3) is 0 Å². The topological polar surface area (TPSA) is 46.6 Å². The molecule has 1 aliphatic rings. The third kappa shape index (κ3) is 3.30. The summed E-state index contributed by atoms with van der Waals surface area (Å²) in [4.78, 5) is 24.2. The second kappa shape index (κ2) is 5.26. The first-order valence-corrected chi connectivity index (χ1v) is 5.34. The van der Waals surface area contributed by atoms with Gasteiger partial charge in [-0.05, 0) is 19.3 Å². The largest absolute Gasteiger partial charge is 0.379 e. The molecule has 4 nitrogen and oxygen atoms in total. The molecule has 2 atom stereocenters. The quantitative estimate of drug-likeness (QED) is 0.653. The van der Waals surface area contributed by atoms with E-state index in [4.69, 9.17) is 4.74 Å². The number of nitrogens with zero attached hydrogens (tertiary/aromatic N) is 1. The van der Waals surface area contributed by atoms with Crippen molar-refractivity contribution in [3.8, 4) is 0 Å². The summed E-state index contributed by atoms with van der Waals surface area (Å²) in [7, 11) is 1.67. The number of ether oxygens (including phenoxy) is 1. The highest BCUT2D eigenvalue weighted by molar-refractivity contribution is 5.96. The van der Waals surface area contributed by atoms with Crippen molar-refractivity contribution in [2.45, 2.75) is 32.8 Å². The molecule has 1 saturated heterocycles. The zero-order chi connectivity index (χ0) is 11.4. The lowest BCUT2D eigenvalue weighted by Crippen LogP contribution is -2.46. The Bertz CT molecular complexity index is 252. The van der Waals surface area contributed by atoms with Crippen LogP contribution in [0.3, 0.4) is 0 Å². The summed E-state index contributed by atoms with van der Waals surface area (Å²) in [6, 6.07) is 0. The van der Waals surface area contributed by atoms with Gasteiger partial charge in [-0.15, -0.1) is 0 Å². The highest BCUT2D eigenvalue weighted by Crippen LogP contribution is 2.19. The number of Topliss-reactive ketones (excluding diaryl/α,β-unsaturated/α-hetero) is 1. The van der Waals surface area contributed by atoms with Crippen LogP contribution in [0.5, 0.6) is 0 Å². The predicted octanol–water partition coefficient (Wildman–Crippen LogP) is 0.849. The van der Waals surface area contributed by atoms with E-state index in [0.29, 0.717) is 12.5 Å². The molecule has 4 heteroatoms. The van der Waals surface area contributed by atoms with E-state index in [1.807, 2.05) is 0 Å². The number of carbonyl (C=O) groups excluding carboxylic acids is 2. The van der Waals surface area contributed by atoms with Gasteiger partial charge in [-0.25, -0.2) is 0 Å². The molecule has 0 saturated carbocycles. The van der Waals surface area contributed by atoms with Gasteiger partial charge in [-0.2, -0.15) is 0 Å². The average Bonchev–Trinajstić information content (AvgIpc) is 2.17. The monoisotopic (exact) mass is 213 g/mol. The van der Waals surface area contributed by atoms with Gasteiger partial charge < -0.3 is 9.64 Å². The van der Waals surface area contributed by atoms with Crippen LogP contribution in [0.1, 0.15) is 26.7 Å². The van der Waals surface area contributed by atoms with Gasteiger partial charge in [0.1, 0.15) is 5.78 Å². The Kier molecular flexibility index (Phi) is 4.27. The Morgan fingerprint density at radius 2 is 2.13 bits per heavy atom. The zero-order valence-corrected chi connectivity index (χ0v) is 9.66. The van der Waals surface area contributed by atoms with Gasteiger partial charge in [0.2, 0.25) is 5.91 Å². The molecular weight excluding hydrogens is 194 g/mol. The minimum absolute atomic E-state index is 0.0187. The maximum Gasteiger partial charge on any atom is 0.230 e. The van der Waals surface area contributed by atoms with Crippen LogP contribution in [-0.2, 0) is 14.3 Å². The van der Waals surface area contributed by atoms with Gasteiger partial charge in [-0.3, -0.25) is 9.59 Å². The van der Waals surface area contributed by atoms with Gasteiger partial charge in [0.15, 0.2) is 0 Å². The fourth-order valence-electron chi connectivity index (χ4n) is 1.89. The lowest BCUT2D eigenvalue weighted by atomic mass is 9.95. The molecule has 0 N–H and O–H groups in total. The first kappa shape index (κ1) is 12.2. The summed E-state index contributed by atoms with van der Waals surface area (Å²) < 4.78 is 5.31. The van der Waals surface area contributed by atoms with E-state index in [2.05, 4.69) is 6.92 Å². The highest BCUT2D eigenvalue weighted by Gasteiger charge is 2.28. The van der Waals surface area contributed by atoms with Crippen molar-refractivity contribution in [1.29, 1.82) is 0 Å². The Labute approximate surface area is 90.6 Å². The van der Waals surface area contributed by atoms with E-state index in [9.17, 15) is 9.59 Å². The van der Waals surface area contributed by atoms with Gasteiger partial charge >= 0.3 is 0 Å². The van der Waals surface area contributed by atoms with Gasteiger partial charge in [-0.1, -0.05) is 6.92 Å². The Hall–Kier alpha value is -0.900. The fourth-order valence-corrected chi connectivity index (χ4v) is 1.89. The smallest absolute Gasteiger partial charge is 0.230 e. The summed E-state index contributed by atoms with van der Waals surface area (Å²) in [5.74, 6) is 0.334. The van der Waals surface area contributed by atoms with Crippen LogP contribution < -0.4 is 0 Å². The number of rotatable bonds is 3. The third-order valence-electron chi connectivity index (χ3n) is 2.94. The third-order valence-corrected chi connectivity index (χ3v) is 2.94. The molecule has 0 spiro atoms. The van der Waals surface area contributed by atoms with E-state index >= 15 is 0 Å². The maximum atomic E-state index is 11.6. The molecule has 0 aromatic rings. The molecule has 1 rings (SSSR count).